The van der Waals surface area contributed by atoms with Crippen LogP contribution in [0, 0.1) is 0 Å². The molecule has 0 aromatic heterocycles. The first-order valence-corrected chi connectivity index (χ1v) is 5.33. The summed E-state index contributed by atoms with van der Waals surface area (Å²) >= 11 is 5.03. The molecule has 0 radical (unpaired) electrons. The Balaban J connectivity index is 2.49. The molecule has 1 aromatic carbocycles. The largest absolute Gasteiger partial charge is 0.376 e. The Kier molecular flexibility index (Phi) is 3.09. The van der Waals surface area contributed by atoms with Crippen LogP contribution in [0.15, 0.2) is 24.3 Å². The molecule has 2 atom stereocenters. The van der Waals surface area contributed by atoms with E-state index in [1.54, 1.807) is 19.1 Å². The van der Waals surface area contributed by atoms with Crippen LogP contribution in [0.2, 0.25) is 0 Å². The zero-order valence-corrected chi connectivity index (χ0v) is 10.0. The molecule has 2 rings (SSSR count). The first kappa shape index (κ1) is 11.3. The van der Waals surface area contributed by atoms with Crippen molar-refractivity contribution in [3.8, 4) is 0 Å². The Bertz CT molecular complexity index is 380. The summed E-state index contributed by atoms with van der Waals surface area (Å²) in [6, 6.07) is 7.91. The minimum atomic E-state index is -0.265. The SMILES string of the molecule is COC1c2ccccc2C(OC)N1C(N)=S. The van der Waals surface area contributed by atoms with Gasteiger partial charge >= 0.3 is 0 Å². The number of hydrogen-bond donors (Lipinski definition) is 1. The van der Waals surface area contributed by atoms with Crippen molar-refractivity contribution in [1.82, 2.24) is 4.90 Å². The molecule has 1 heterocycles. The molecule has 5 heteroatoms. The Labute approximate surface area is 99.9 Å². The molecule has 0 spiro atoms. The van der Waals surface area contributed by atoms with E-state index in [1.807, 2.05) is 24.3 Å². The predicted molar refractivity (Wildman–Crippen MR) is 64.6 cm³/mol. The molecule has 86 valence electrons. The number of fused-ring (bicyclic) bond motifs is 1. The highest BCUT2D eigenvalue weighted by atomic mass is 32.1. The van der Waals surface area contributed by atoms with Crippen molar-refractivity contribution in [3.63, 3.8) is 0 Å². The Morgan fingerprint density at radius 3 is 1.94 bits per heavy atom. The van der Waals surface area contributed by atoms with Crippen molar-refractivity contribution in [2.75, 3.05) is 14.2 Å². The van der Waals surface area contributed by atoms with Gasteiger partial charge in [0.25, 0.3) is 0 Å². The lowest BCUT2D eigenvalue weighted by Gasteiger charge is -2.28. The van der Waals surface area contributed by atoms with Crippen LogP contribution in [-0.2, 0) is 9.47 Å². The predicted octanol–water partition coefficient (Wildman–Crippen LogP) is 1.54. The fraction of sp³-hybridized carbons (Fsp3) is 0.364. The number of thiocarbonyl (C=S) groups is 1. The van der Waals surface area contributed by atoms with E-state index in [0.717, 1.165) is 11.1 Å². The van der Waals surface area contributed by atoms with Gasteiger partial charge in [-0.2, -0.15) is 0 Å². The lowest BCUT2D eigenvalue weighted by molar-refractivity contribution is -0.0741. The summed E-state index contributed by atoms with van der Waals surface area (Å²) in [4.78, 5) is 1.75. The van der Waals surface area contributed by atoms with Gasteiger partial charge in [-0.15, -0.1) is 0 Å². The smallest absolute Gasteiger partial charge is 0.170 e. The number of methoxy groups -OCH3 is 2. The number of nitrogens with two attached hydrogens (primary N) is 1. The molecule has 2 unspecified atom stereocenters. The van der Waals surface area contributed by atoms with Crippen LogP contribution >= 0.6 is 12.2 Å². The minimum absolute atomic E-state index is 0.265. The van der Waals surface area contributed by atoms with Crippen molar-refractivity contribution in [3.05, 3.63) is 35.4 Å². The van der Waals surface area contributed by atoms with Crippen LogP contribution < -0.4 is 5.73 Å². The van der Waals surface area contributed by atoms with Crippen molar-refractivity contribution >= 4 is 17.3 Å². The highest BCUT2D eigenvalue weighted by molar-refractivity contribution is 7.80. The fourth-order valence-corrected chi connectivity index (χ4v) is 2.29. The van der Waals surface area contributed by atoms with Gasteiger partial charge in [-0.1, -0.05) is 24.3 Å². The van der Waals surface area contributed by atoms with Gasteiger partial charge in [0.1, 0.15) is 0 Å². The maximum atomic E-state index is 5.71. The second-order valence-electron chi connectivity index (χ2n) is 3.55. The van der Waals surface area contributed by atoms with Gasteiger partial charge in [-0.25, -0.2) is 0 Å². The highest BCUT2D eigenvalue weighted by Gasteiger charge is 2.39. The van der Waals surface area contributed by atoms with E-state index in [4.69, 9.17) is 27.4 Å². The second kappa shape index (κ2) is 4.37. The lowest BCUT2D eigenvalue weighted by Crippen LogP contribution is -2.38. The summed E-state index contributed by atoms with van der Waals surface area (Å²) in [6.07, 6.45) is -0.530. The Morgan fingerprint density at radius 2 is 1.62 bits per heavy atom. The van der Waals surface area contributed by atoms with E-state index in [9.17, 15) is 0 Å². The van der Waals surface area contributed by atoms with Gasteiger partial charge in [0, 0.05) is 25.3 Å². The zero-order chi connectivity index (χ0) is 11.7. The molecule has 0 saturated carbocycles. The molecule has 2 N–H and O–H groups in total. The molecule has 0 bridgehead atoms. The number of ether oxygens (including phenoxy) is 2. The number of benzene rings is 1. The van der Waals surface area contributed by atoms with Gasteiger partial charge in [-0.3, -0.25) is 4.90 Å². The average molecular weight is 238 g/mol. The first-order valence-electron chi connectivity index (χ1n) is 4.93. The first-order chi connectivity index (χ1) is 7.70. The van der Waals surface area contributed by atoms with Crippen LogP contribution in [0.3, 0.4) is 0 Å². The lowest BCUT2D eigenvalue weighted by atomic mass is 10.1. The summed E-state index contributed by atoms with van der Waals surface area (Å²) in [6.45, 7) is 0. The quantitative estimate of drug-likeness (QED) is 0.792. The van der Waals surface area contributed by atoms with Crippen LogP contribution in [0.25, 0.3) is 0 Å². The highest BCUT2D eigenvalue weighted by Crippen LogP contribution is 2.42. The maximum absolute atomic E-state index is 5.71. The van der Waals surface area contributed by atoms with Crippen LogP contribution in [0.1, 0.15) is 23.6 Å². The van der Waals surface area contributed by atoms with Gasteiger partial charge in [0.05, 0.1) is 0 Å². The third kappa shape index (κ3) is 1.57. The minimum Gasteiger partial charge on any atom is -0.376 e. The van der Waals surface area contributed by atoms with Crippen LogP contribution in [0.4, 0.5) is 0 Å². The van der Waals surface area contributed by atoms with E-state index in [1.165, 1.54) is 0 Å². The summed E-state index contributed by atoms with van der Waals surface area (Å²) in [5, 5.41) is 0.273. The topological polar surface area (TPSA) is 47.7 Å². The number of hydrogen-bond acceptors (Lipinski definition) is 3. The fourth-order valence-electron chi connectivity index (χ4n) is 2.10. The molecule has 0 amide bonds. The van der Waals surface area contributed by atoms with E-state index < -0.39 is 0 Å². The monoisotopic (exact) mass is 238 g/mol. The van der Waals surface area contributed by atoms with Crippen molar-refractivity contribution < 1.29 is 9.47 Å². The Hall–Kier alpha value is -1.17. The summed E-state index contributed by atoms with van der Waals surface area (Å²) in [5.41, 5.74) is 7.80. The van der Waals surface area contributed by atoms with Crippen molar-refractivity contribution in [2.24, 2.45) is 5.73 Å². The molecule has 1 aliphatic heterocycles. The standard InChI is InChI=1S/C11H14N2O2S/c1-14-9-7-5-3-4-6-8(7)10(15-2)13(9)11(12)16/h3-6,9-10H,1-2H3,(H2,12,16). The van der Waals surface area contributed by atoms with Gasteiger partial charge in [0.15, 0.2) is 17.6 Å². The third-order valence-electron chi connectivity index (χ3n) is 2.73. The third-order valence-corrected chi connectivity index (χ3v) is 2.95. The molecule has 16 heavy (non-hydrogen) atoms. The normalized spacial score (nSPS) is 23.2. The Morgan fingerprint density at radius 1 is 1.19 bits per heavy atom. The van der Waals surface area contributed by atoms with Crippen molar-refractivity contribution in [1.29, 1.82) is 0 Å². The van der Waals surface area contributed by atoms with Crippen LogP contribution in [0.5, 0.6) is 0 Å². The molecule has 0 aliphatic carbocycles. The average Bonchev–Trinajstić information content (AvgIpc) is 2.62. The van der Waals surface area contributed by atoms with Gasteiger partial charge in [-0.05, 0) is 12.2 Å². The number of rotatable bonds is 2. The molecule has 0 fully saturated rings. The zero-order valence-electron chi connectivity index (χ0n) is 9.21. The summed E-state index contributed by atoms with van der Waals surface area (Å²) < 4.78 is 10.8. The molecule has 1 aliphatic rings. The van der Waals surface area contributed by atoms with Gasteiger partial charge in [0.2, 0.25) is 0 Å². The van der Waals surface area contributed by atoms with Crippen molar-refractivity contribution in [2.45, 2.75) is 12.5 Å². The molecular weight excluding hydrogens is 224 g/mol. The summed E-state index contributed by atoms with van der Waals surface area (Å²) in [5.74, 6) is 0. The number of nitrogens with zero attached hydrogens (tertiary/aromatic N) is 1. The molecule has 4 nitrogen and oxygen atoms in total. The molecule has 1 aromatic rings. The second-order valence-corrected chi connectivity index (χ2v) is 3.97. The summed E-state index contributed by atoms with van der Waals surface area (Å²) in [7, 11) is 3.26. The van der Waals surface area contributed by atoms with E-state index in [2.05, 4.69) is 0 Å². The molecule has 0 saturated heterocycles. The van der Waals surface area contributed by atoms with E-state index in [-0.39, 0.29) is 17.6 Å². The maximum Gasteiger partial charge on any atom is 0.170 e. The molecular formula is C11H14N2O2S. The van der Waals surface area contributed by atoms with Crippen LogP contribution in [-0.4, -0.2) is 24.2 Å². The van der Waals surface area contributed by atoms with E-state index in [0.29, 0.717) is 0 Å². The van der Waals surface area contributed by atoms with Gasteiger partial charge < -0.3 is 15.2 Å². The van der Waals surface area contributed by atoms with E-state index >= 15 is 0 Å².